The highest BCUT2D eigenvalue weighted by Gasteiger charge is 2.22. The van der Waals surface area contributed by atoms with Gasteiger partial charge < -0.3 is 5.11 Å². The van der Waals surface area contributed by atoms with Crippen LogP contribution < -0.4 is 10.1 Å². The lowest BCUT2D eigenvalue weighted by Crippen LogP contribution is -2.44. The van der Waals surface area contributed by atoms with E-state index in [9.17, 15) is 9.90 Å². The van der Waals surface area contributed by atoms with E-state index in [0.717, 1.165) is 31.6 Å². The quantitative estimate of drug-likeness (QED) is 0.559. The maximum Gasteiger partial charge on any atom is 0.341 e. The van der Waals surface area contributed by atoms with Gasteiger partial charge in [0.05, 0.1) is 13.6 Å². The Morgan fingerprint density at radius 2 is 2.31 bits per heavy atom. The summed E-state index contributed by atoms with van der Waals surface area (Å²) in [7, 11) is 1.78. The lowest BCUT2D eigenvalue weighted by atomic mass is 10.1. The van der Waals surface area contributed by atoms with Gasteiger partial charge in [-0.05, 0) is 12.8 Å². The largest absolute Gasteiger partial charge is 0.478 e. The van der Waals surface area contributed by atoms with E-state index in [1.54, 1.807) is 16.2 Å². The molecule has 1 aromatic heterocycles. The fraction of sp³-hybridized carbons (Fsp3) is 0.556. The minimum Gasteiger partial charge on any atom is -0.478 e. The molecular weight excluding hydrogens is 168 g/mol. The molecular formula is C9H13N2O2+. The lowest BCUT2D eigenvalue weighted by molar-refractivity contribution is -0.690. The highest BCUT2D eigenvalue weighted by molar-refractivity contribution is 5.01. The third-order valence-corrected chi connectivity index (χ3v) is 2.59. The van der Waals surface area contributed by atoms with Crippen molar-refractivity contribution in [3.05, 3.63) is 22.2 Å². The Morgan fingerprint density at radius 1 is 1.54 bits per heavy atom. The Bertz CT molecular complexity index is 395. The molecule has 0 amide bonds. The first-order valence-corrected chi connectivity index (χ1v) is 4.52. The number of rotatable bonds is 0. The van der Waals surface area contributed by atoms with E-state index in [1.807, 2.05) is 0 Å². The minimum absolute atomic E-state index is 0.0538. The summed E-state index contributed by atoms with van der Waals surface area (Å²) in [5.41, 5.74) is -0.0923. The molecule has 0 saturated carbocycles. The lowest BCUT2D eigenvalue weighted by Gasteiger charge is -2.13. The molecule has 0 spiro atoms. The summed E-state index contributed by atoms with van der Waals surface area (Å²) in [6.07, 6.45) is 3.02. The van der Waals surface area contributed by atoms with E-state index < -0.39 is 0 Å². The zero-order chi connectivity index (χ0) is 9.42. The van der Waals surface area contributed by atoms with Crippen LogP contribution in [0.25, 0.3) is 0 Å². The number of nitrogens with zero attached hydrogens (tertiary/aromatic N) is 2. The normalized spacial score (nSPS) is 15.5. The van der Waals surface area contributed by atoms with Crippen LogP contribution in [0.3, 0.4) is 0 Å². The third-order valence-electron chi connectivity index (χ3n) is 2.59. The van der Waals surface area contributed by atoms with Gasteiger partial charge in [0, 0.05) is 6.42 Å². The summed E-state index contributed by atoms with van der Waals surface area (Å²) in [4.78, 5) is 11.4. The topological polar surface area (TPSA) is 46.1 Å². The first kappa shape index (κ1) is 8.29. The monoisotopic (exact) mass is 181 g/mol. The predicted octanol–water partition coefficient (Wildman–Crippen LogP) is -0.285. The van der Waals surface area contributed by atoms with Crippen molar-refractivity contribution in [2.45, 2.75) is 25.8 Å². The highest BCUT2D eigenvalue weighted by atomic mass is 16.3. The zero-order valence-electron chi connectivity index (χ0n) is 7.66. The van der Waals surface area contributed by atoms with Crippen molar-refractivity contribution in [2.75, 3.05) is 0 Å². The second-order valence-corrected chi connectivity index (χ2v) is 3.42. The Hall–Kier alpha value is -1.32. The van der Waals surface area contributed by atoms with E-state index in [1.165, 1.54) is 6.07 Å². The van der Waals surface area contributed by atoms with Crippen LogP contribution in [-0.4, -0.2) is 9.67 Å². The van der Waals surface area contributed by atoms with Gasteiger partial charge in [0.25, 0.3) is 11.7 Å². The van der Waals surface area contributed by atoms with Gasteiger partial charge in [0.1, 0.15) is 6.07 Å². The molecule has 0 unspecified atom stereocenters. The summed E-state index contributed by atoms with van der Waals surface area (Å²) in [6.45, 7) is 0.780. The van der Waals surface area contributed by atoms with Crippen molar-refractivity contribution < 1.29 is 9.67 Å². The van der Waals surface area contributed by atoms with Crippen LogP contribution in [0.4, 0.5) is 0 Å². The molecule has 2 heterocycles. The average molecular weight is 181 g/mol. The van der Waals surface area contributed by atoms with Crippen molar-refractivity contribution >= 4 is 0 Å². The van der Waals surface area contributed by atoms with Gasteiger partial charge in [0.2, 0.25) is 0 Å². The van der Waals surface area contributed by atoms with Gasteiger partial charge in [-0.2, -0.15) is 4.57 Å². The Balaban J connectivity index is 2.70. The maximum absolute atomic E-state index is 11.4. The van der Waals surface area contributed by atoms with E-state index in [0.29, 0.717) is 0 Å². The van der Waals surface area contributed by atoms with Crippen LogP contribution in [0, 0.1) is 0 Å². The van der Waals surface area contributed by atoms with Crippen molar-refractivity contribution in [3.63, 3.8) is 0 Å². The van der Waals surface area contributed by atoms with Gasteiger partial charge in [-0.1, -0.05) is 0 Å². The molecule has 2 rings (SSSR count). The summed E-state index contributed by atoms with van der Waals surface area (Å²) < 4.78 is 3.42. The summed E-state index contributed by atoms with van der Waals surface area (Å²) in [5, 5.41) is 9.41. The molecule has 0 bridgehead atoms. The first-order chi connectivity index (χ1) is 6.20. The van der Waals surface area contributed by atoms with Gasteiger partial charge >= 0.3 is 5.56 Å². The van der Waals surface area contributed by atoms with Crippen molar-refractivity contribution in [3.8, 4) is 5.88 Å². The van der Waals surface area contributed by atoms with Gasteiger partial charge in [-0.15, -0.1) is 0 Å². The molecule has 0 aromatic carbocycles. The van der Waals surface area contributed by atoms with Crippen molar-refractivity contribution in [1.82, 2.24) is 4.57 Å². The van der Waals surface area contributed by atoms with Gasteiger partial charge in [-0.3, -0.25) is 0 Å². The Kier molecular flexibility index (Phi) is 1.83. The smallest absolute Gasteiger partial charge is 0.341 e. The minimum atomic E-state index is -0.0923. The van der Waals surface area contributed by atoms with Gasteiger partial charge in [-0.25, -0.2) is 9.36 Å². The number of hydrogen-bond donors (Lipinski definition) is 1. The molecule has 13 heavy (non-hydrogen) atoms. The first-order valence-electron chi connectivity index (χ1n) is 4.52. The second-order valence-electron chi connectivity index (χ2n) is 3.42. The number of fused-ring (bicyclic) bond motifs is 1. The maximum atomic E-state index is 11.4. The van der Waals surface area contributed by atoms with Crippen LogP contribution in [0.15, 0.2) is 10.9 Å². The SMILES string of the molecule is C[n+]1c(O)cc(=O)n2c1CCCC2. The van der Waals surface area contributed by atoms with Crippen LogP contribution in [0.1, 0.15) is 18.7 Å². The van der Waals surface area contributed by atoms with E-state index in [4.69, 9.17) is 0 Å². The molecule has 1 N–H and O–H groups in total. The van der Waals surface area contributed by atoms with Crippen LogP contribution in [0.5, 0.6) is 5.88 Å². The van der Waals surface area contributed by atoms with E-state index in [-0.39, 0.29) is 11.4 Å². The average Bonchev–Trinajstić information content (AvgIpc) is 2.15. The molecule has 0 saturated heterocycles. The van der Waals surface area contributed by atoms with Gasteiger partial charge in [0.15, 0.2) is 0 Å². The van der Waals surface area contributed by atoms with Crippen LogP contribution in [0.2, 0.25) is 0 Å². The molecule has 4 nitrogen and oxygen atoms in total. The molecule has 0 atom stereocenters. The number of hydrogen-bond acceptors (Lipinski definition) is 2. The molecule has 0 fully saturated rings. The van der Waals surface area contributed by atoms with Crippen LogP contribution >= 0.6 is 0 Å². The third kappa shape index (κ3) is 1.22. The molecule has 1 aromatic rings. The Morgan fingerprint density at radius 3 is 3.08 bits per heavy atom. The molecule has 1 aliphatic heterocycles. The fourth-order valence-corrected chi connectivity index (χ4v) is 1.82. The highest BCUT2D eigenvalue weighted by Crippen LogP contribution is 2.09. The standard InChI is InChI=1S/C9H12N2O2/c1-10-7-4-2-3-5-11(7)9(13)6-8(10)12/h6H,2-5H2,1H3/p+1. The second kappa shape index (κ2) is 2.87. The van der Waals surface area contributed by atoms with E-state index in [2.05, 4.69) is 0 Å². The predicted molar refractivity (Wildman–Crippen MR) is 46.5 cm³/mol. The molecule has 1 aliphatic rings. The van der Waals surface area contributed by atoms with Crippen LogP contribution in [-0.2, 0) is 20.0 Å². The molecule has 70 valence electrons. The fourth-order valence-electron chi connectivity index (χ4n) is 1.82. The van der Waals surface area contributed by atoms with Crippen molar-refractivity contribution in [2.24, 2.45) is 7.05 Å². The van der Waals surface area contributed by atoms with Crippen molar-refractivity contribution in [1.29, 1.82) is 0 Å². The molecule has 0 aliphatic carbocycles. The molecule has 4 heteroatoms. The number of aromatic nitrogens is 2. The zero-order valence-corrected chi connectivity index (χ0v) is 7.66. The summed E-state index contributed by atoms with van der Waals surface area (Å²) in [5.74, 6) is 0.981. The Labute approximate surface area is 76.1 Å². The summed E-state index contributed by atoms with van der Waals surface area (Å²) in [6, 6.07) is 1.27. The summed E-state index contributed by atoms with van der Waals surface area (Å²) >= 11 is 0. The molecule has 0 radical (unpaired) electrons. The number of aromatic hydroxyl groups is 1. The van der Waals surface area contributed by atoms with E-state index >= 15 is 0 Å².